The second-order valence-corrected chi connectivity index (χ2v) is 8.31. The Labute approximate surface area is 184 Å². The molecule has 1 aromatic rings. The highest BCUT2D eigenvalue weighted by Gasteiger charge is 2.16. The molecule has 0 bridgehead atoms. The van der Waals surface area contributed by atoms with Crippen molar-refractivity contribution in [1.29, 1.82) is 0 Å². The van der Waals surface area contributed by atoms with E-state index < -0.39 is 0 Å². The van der Waals surface area contributed by atoms with E-state index in [4.69, 9.17) is 4.74 Å². The number of nitrogens with one attached hydrogen (secondary N) is 2. The number of carbonyl (C=O) groups is 1. The lowest BCUT2D eigenvalue weighted by molar-refractivity contribution is -0.127. The van der Waals surface area contributed by atoms with Crippen LogP contribution >= 0.6 is 35.7 Å². The summed E-state index contributed by atoms with van der Waals surface area (Å²) in [6, 6.07) is 8.02. The van der Waals surface area contributed by atoms with Gasteiger partial charge in [-0.2, -0.15) is 11.8 Å². The number of nitrogens with zero attached hydrogens (tertiary/aromatic N) is 2. The summed E-state index contributed by atoms with van der Waals surface area (Å²) in [4.78, 5) is 17.8. The molecule has 0 aliphatic carbocycles. The summed E-state index contributed by atoms with van der Waals surface area (Å²) in [6.07, 6.45) is 2.95. The normalized spacial score (nSPS) is 11.4. The molecule has 0 atom stereocenters. The molecule has 2 N–H and O–H groups in total. The average Bonchev–Trinajstić information content (AvgIpc) is 2.63. The highest BCUT2D eigenvalue weighted by molar-refractivity contribution is 14.0. The van der Waals surface area contributed by atoms with Gasteiger partial charge in [-0.05, 0) is 44.2 Å². The summed E-state index contributed by atoms with van der Waals surface area (Å²) < 4.78 is 5.26. The molecule has 27 heavy (non-hydrogen) atoms. The Hall–Kier alpha value is -1.16. The van der Waals surface area contributed by atoms with Gasteiger partial charge in [0, 0.05) is 31.9 Å². The zero-order valence-electron chi connectivity index (χ0n) is 17.2. The summed E-state index contributed by atoms with van der Waals surface area (Å²) in [5, 5.41) is 6.65. The largest absolute Gasteiger partial charge is 0.497 e. The third kappa shape index (κ3) is 10.7. The van der Waals surface area contributed by atoms with Crippen molar-refractivity contribution in [2.45, 2.75) is 25.0 Å². The van der Waals surface area contributed by atoms with Crippen molar-refractivity contribution in [1.82, 2.24) is 15.5 Å². The minimum atomic E-state index is -0.0228. The minimum Gasteiger partial charge on any atom is -0.497 e. The lowest BCUT2D eigenvalue weighted by atomic mass is 10.1. The molecule has 0 aliphatic heterocycles. The van der Waals surface area contributed by atoms with E-state index in [0.29, 0.717) is 5.96 Å². The highest BCUT2D eigenvalue weighted by atomic mass is 127. The van der Waals surface area contributed by atoms with Gasteiger partial charge in [-0.1, -0.05) is 12.1 Å². The number of thioether (sulfide) groups is 1. The van der Waals surface area contributed by atoms with Gasteiger partial charge < -0.3 is 20.3 Å². The maximum absolute atomic E-state index is 11.8. The molecule has 154 valence electrons. The Kier molecular flexibility index (Phi) is 12.5. The first-order valence-electron chi connectivity index (χ1n) is 8.68. The number of aliphatic imine (C=N–C) groups is 1. The summed E-state index contributed by atoms with van der Waals surface area (Å²) >= 11 is 1.79. The van der Waals surface area contributed by atoms with Gasteiger partial charge in [0.05, 0.1) is 7.11 Å². The van der Waals surface area contributed by atoms with E-state index in [9.17, 15) is 4.79 Å². The maximum Gasteiger partial charge on any atom is 0.243 e. The van der Waals surface area contributed by atoms with Gasteiger partial charge in [0.2, 0.25) is 5.91 Å². The highest BCUT2D eigenvalue weighted by Crippen LogP contribution is 2.19. The van der Waals surface area contributed by atoms with Crippen molar-refractivity contribution in [3.63, 3.8) is 0 Å². The quantitative estimate of drug-likeness (QED) is 0.305. The predicted octanol–water partition coefficient (Wildman–Crippen LogP) is 2.62. The molecular formula is C19H33IN4O2S. The Balaban J connectivity index is 0.00000676. The first kappa shape index (κ1) is 25.8. The van der Waals surface area contributed by atoms with Gasteiger partial charge in [-0.15, -0.1) is 24.0 Å². The van der Waals surface area contributed by atoms with Gasteiger partial charge in [0.1, 0.15) is 12.3 Å². The Bertz CT molecular complexity index is 592. The van der Waals surface area contributed by atoms with E-state index in [2.05, 4.69) is 47.9 Å². The van der Waals surface area contributed by atoms with Crippen LogP contribution in [0.1, 0.15) is 19.4 Å². The van der Waals surface area contributed by atoms with Crippen LogP contribution in [0.25, 0.3) is 0 Å². The number of likely N-dealkylation sites (N-methyl/N-ethyl adjacent to an activating group) is 1. The lowest BCUT2D eigenvalue weighted by Crippen LogP contribution is -2.44. The number of guanidine groups is 1. The molecule has 0 aromatic heterocycles. The molecule has 1 amide bonds. The zero-order valence-corrected chi connectivity index (χ0v) is 20.3. The van der Waals surface area contributed by atoms with E-state index in [-0.39, 0.29) is 41.2 Å². The van der Waals surface area contributed by atoms with Crippen molar-refractivity contribution in [2.75, 3.05) is 47.1 Å². The predicted molar refractivity (Wildman–Crippen MR) is 127 cm³/mol. The number of methoxy groups -OCH3 is 1. The fourth-order valence-corrected chi connectivity index (χ4v) is 2.17. The summed E-state index contributed by atoms with van der Waals surface area (Å²) in [5.41, 5.74) is 1.21. The van der Waals surface area contributed by atoms with Crippen LogP contribution in [0, 0.1) is 0 Å². The van der Waals surface area contributed by atoms with Crippen LogP contribution in [0.5, 0.6) is 5.75 Å². The van der Waals surface area contributed by atoms with Gasteiger partial charge in [0.25, 0.3) is 0 Å². The van der Waals surface area contributed by atoms with E-state index in [0.717, 1.165) is 25.3 Å². The third-order valence-corrected chi connectivity index (χ3v) is 5.22. The molecule has 0 heterocycles. The summed E-state index contributed by atoms with van der Waals surface area (Å²) in [6.45, 7) is 5.96. The number of hydrogen-bond donors (Lipinski definition) is 2. The number of carbonyl (C=O) groups excluding carboxylic acids is 1. The van der Waals surface area contributed by atoms with E-state index in [1.165, 1.54) is 5.56 Å². The fourth-order valence-electron chi connectivity index (χ4n) is 1.95. The Morgan fingerprint density at radius 2 is 1.85 bits per heavy atom. The molecule has 1 aromatic carbocycles. The molecule has 0 unspecified atom stereocenters. The van der Waals surface area contributed by atoms with Gasteiger partial charge >= 0.3 is 0 Å². The monoisotopic (exact) mass is 508 g/mol. The van der Waals surface area contributed by atoms with E-state index >= 15 is 0 Å². The molecule has 0 aliphatic rings. The standard InChI is InChI=1S/C19H32N4O2S.HI/c1-19(2,26-6)14-22-18(21-13-17(24)23(3)4)20-12-11-15-7-9-16(25-5)10-8-15;/h7-10H,11-14H2,1-6H3,(H2,20,21,22);1H. The van der Waals surface area contributed by atoms with Crippen molar-refractivity contribution in [2.24, 2.45) is 4.99 Å². The van der Waals surface area contributed by atoms with Crippen LogP contribution in [0.3, 0.4) is 0 Å². The van der Waals surface area contributed by atoms with Crippen LogP contribution in [0.4, 0.5) is 0 Å². The molecular weight excluding hydrogens is 475 g/mol. The van der Waals surface area contributed by atoms with Crippen LogP contribution in [-0.4, -0.2) is 68.6 Å². The second-order valence-electron chi connectivity index (χ2n) is 6.80. The molecule has 0 radical (unpaired) electrons. The maximum atomic E-state index is 11.8. The fraction of sp³-hybridized carbons (Fsp3) is 0.579. The second kappa shape index (κ2) is 13.1. The van der Waals surface area contributed by atoms with Crippen LogP contribution < -0.4 is 15.4 Å². The van der Waals surface area contributed by atoms with Crippen molar-refractivity contribution < 1.29 is 9.53 Å². The molecule has 0 fully saturated rings. The zero-order chi connectivity index (χ0) is 19.6. The Morgan fingerprint density at radius 3 is 2.37 bits per heavy atom. The first-order chi connectivity index (χ1) is 12.3. The SMILES string of the molecule is COc1ccc(CCNC(=NCC(=O)N(C)C)NCC(C)(C)SC)cc1.I. The number of ether oxygens (including phenoxy) is 1. The minimum absolute atomic E-state index is 0. The molecule has 1 rings (SSSR count). The van der Waals surface area contributed by atoms with Gasteiger partial charge in [-0.25, -0.2) is 4.99 Å². The first-order valence-corrected chi connectivity index (χ1v) is 9.90. The van der Waals surface area contributed by atoms with Crippen LogP contribution in [-0.2, 0) is 11.2 Å². The number of benzene rings is 1. The van der Waals surface area contributed by atoms with Crippen molar-refractivity contribution in [3.05, 3.63) is 29.8 Å². The lowest BCUT2D eigenvalue weighted by Gasteiger charge is -2.24. The number of amides is 1. The molecule has 0 spiro atoms. The number of hydrogen-bond acceptors (Lipinski definition) is 4. The molecule has 0 saturated carbocycles. The smallest absolute Gasteiger partial charge is 0.243 e. The number of rotatable bonds is 9. The van der Waals surface area contributed by atoms with Crippen molar-refractivity contribution >= 4 is 47.6 Å². The summed E-state index contributed by atoms with van der Waals surface area (Å²) in [5.74, 6) is 1.49. The van der Waals surface area contributed by atoms with E-state index in [1.54, 1.807) is 37.9 Å². The average molecular weight is 508 g/mol. The molecule has 0 saturated heterocycles. The van der Waals surface area contributed by atoms with Crippen LogP contribution in [0.15, 0.2) is 29.3 Å². The molecule has 6 nitrogen and oxygen atoms in total. The summed E-state index contributed by atoms with van der Waals surface area (Å²) in [7, 11) is 5.13. The topological polar surface area (TPSA) is 66.0 Å². The van der Waals surface area contributed by atoms with Crippen LogP contribution in [0.2, 0.25) is 0 Å². The number of halogens is 1. The third-order valence-electron chi connectivity index (χ3n) is 3.97. The van der Waals surface area contributed by atoms with Gasteiger partial charge in [-0.3, -0.25) is 4.79 Å². The van der Waals surface area contributed by atoms with Crippen molar-refractivity contribution in [3.8, 4) is 5.75 Å². The van der Waals surface area contributed by atoms with E-state index in [1.807, 2.05) is 12.1 Å². The van der Waals surface area contributed by atoms with Gasteiger partial charge in [0.15, 0.2) is 5.96 Å². The Morgan fingerprint density at radius 1 is 1.22 bits per heavy atom. The molecule has 8 heteroatoms.